The van der Waals surface area contributed by atoms with Crippen LogP contribution < -0.4 is 0 Å². The van der Waals surface area contributed by atoms with E-state index in [1.807, 2.05) is 0 Å². The molecule has 0 spiro atoms. The largest absolute Gasteiger partial charge is 0.505 e. The number of hydrogen-bond donors (Lipinski definition) is 3. The lowest BCUT2D eigenvalue weighted by Crippen LogP contribution is -2.74. The number of ether oxygens (including phenoxy) is 2. The summed E-state index contributed by atoms with van der Waals surface area (Å²) in [6.45, 7) is 0. The number of esters is 2. The van der Waals surface area contributed by atoms with Crippen molar-refractivity contribution in [3.63, 3.8) is 0 Å². The van der Waals surface area contributed by atoms with Crippen LogP contribution in [-0.4, -0.2) is 81.8 Å². The van der Waals surface area contributed by atoms with E-state index < -0.39 is 74.8 Å². The molecule has 5 heterocycles. The number of rotatable bonds is 10. The molecule has 0 bridgehead atoms. The number of aromatic nitrogens is 4. The van der Waals surface area contributed by atoms with Gasteiger partial charge in [0.2, 0.25) is 34.8 Å². The number of aliphatic hydroxyl groups is 3. The maximum absolute atomic E-state index is 14.7. The van der Waals surface area contributed by atoms with Crippen LogP contribution >= 0.6 is 0 Å². The van der Waals surface area contributed by atoms with Crippen molar-refractivity contribution >= 4 is 29.3 Å². The highest BCUT2D eigenvalue weighted by Gasteiger charge is 2.74. The summed E-state index contributed by atoms with van der Waals surface area (Å²) in [7, 11) is 0. The van der Waals surface area contributed by atoms with Crippen molar-refractivity contribution in [2.75, 3.05) is 0 Å². The number of aliphatic hydroxyl groups excluding tert-OH is 2. The molecule has 5 rings (SSSR count). The average molecular weight is 597 g/mol. The molecule has 0 saturated carbocycles. The molecule has 0 radical (unpaired) electrons. The Morgan fingerprint density at radius 2 is 1.09 bits per heavy atom. The zero-order chi connectivity index (χ0) is 31.5. The molecule has 44 heavy (non-hydrogen) atoms. The van der Waals surface area contributed by atoms with Crippen molar-refractivity contribution < 1.29 is 48.8 Å². The summed E-state index contributed by atoms with van der Waals surface area (Å²) in [5.74, 6) is -10.5. The number of nitrogens with zero attached hydrogens (tertiary/aromatic N) is 4. The van der Waals surface area contributed by atoms with Gasteiger partial charge in [-0.05, 0) is 48.5 Å². The summed E-state index contributed by atoms with van der Waals surface area (Å²) in [6, 6.07) is 9.84. The van der Waals surface area contributed by atoms with E-state index >= 15 is 0 Å². The molecule has 1 aliphatic heterocycles. The van der Waals surface area contributed by atoms with Crippen LogP contribution in [-0.2, 0) is 14.3 Å². The summed E-state index contributed by atoms with van der Waals surface area (Å²) < 4.78 is 10.7. The Bertz CT molecular complexity index is 1730. The van der Waals surface area contributed by atoms with E-state index in [1.54, 1.807) is 0 Å². The van der Waals surface area contributed by atoms with Crippen LogP contribution in [0.25, 0.3) is 0 Å². The third kappa shape index (κ3) is 4.74. The van der Waals surface area contributed by atoms with E-state index in [2.05, 4.69) is 19.9 Å². The first-order valence-electron chi connectivity index (χ1n) is 12.7. The van der Waals surface area contributed by atoms with Gasteiger partial charge < -0.3 is 24.8 Å². The summed E-state index contributed by atoms with van der Waals surface area (Å²) in [5.41, 5.74) is -9.18. The number of Topliss-reactive ketones (excluding diaryl/α,β-unsaturated/α-hetero) is 3. The Hall–Kier alpha value is -6.15. The van der Waals surface area contributed by atoms with Crippen molar-refractivity contribution in [1.82, 2.24) is 19.9 Å². The number of ketones is 3. The normalized spacial score (nSPS) is 16.0. The molecule has 14 nitrogen and oxygen atoms in total. The van der Waals surface area contributed by atoms with E-state index in [1.165, 1.54) is 55.1 Å². The molecule has 0 fully saturated rings. The monoisotopic (exact) mass is 596 g/mol. The maximum atomic E-state index is 14.7. The van der Waals surface area contributed by atoms with Crippen molar-refractivity contribution in [3.05, 3.63) is 132 Å². The van der Waals surface area contributed by atoms with Crippen LogP contribution in [0.1, 0.15) is 41.4 Å². The third-order valence-corrected chi connectivity index (χ3v) is 6.73. The van der Waals surface area contributed by atoms with Gasteiger partial charge in [0.05, 0.1) is 5.56 Å². The molecule has 14 heteroatoms. The van der Waals surface area contributed by atoms with Gasteiger partial charge in [-0.3, -0.25) is 34.3 Å². The lowest BCUT2D eigenvalue weighted by molar-refractivity contribution is -0.165. The van der Waals surface area contributed by atoms with Gasteiger partial charge in [-0.15, -0.1) is 0 Å². The van der Waals surface area contributed by atoms with E-state index in [4.69, 9.17) is 9.47 Å². The fraction of sp³-hybridized carbons (Fsp3) is 0.100. The molecule has 0 amide bonds. The highest BCUT2D eigenvalue weighted by molar-refractivity contribution is 6.29. The summed E-state index contributed by atoms with van der Waals surface area (Å²) in [6.07, 6.45) is 6.39. The highest BCUT2D eigenvalue weighted by Crippen LogP contribution is 2.44. The Kier molecular flexibility index (Phi) is 7.75. The molecule has 1 aliphatic rings. The molecular formula is C30H20N4O10. The molecular weight excluding hydrogens is 576 g/mol. The van der Waals surface area contributed by atoms with Gasteiger partial charge in [0.15, 0.2) is 5.76 Å². The lowest BCUT2D eigenvalue weighted by Gasteiger charge is -2.44. The van der Waals surface area contributed by atoms with Crippen molar-refractivity contribution in [1.29, 1.82) is 0 Å². The summed E-state index contributed by atoms with van der Waals surface area (Å²) in [4.78, 5) is 85.2. The fourth-order valence-electron chi connectivity index (χ4n) is 4.61. The van der Waals surface area contributed by atoms with E-state index in [0.717, 1.165) is 43.0 Å². The Labute approximate surface area is 247 Å². The number of cyclic esters (lactones) is 1. The maximum Gasteiger partial charge on any atom is 0.378 e. The van der Waals surface area contributed by atoms with Crippen LogP contribution in [0.15, 0.2) is 110 Å². The zero-order valence-corrected chi connectivity index (χ0v) is 22.3. The number of carbonyl (C=O) groups is 5. The van der Waals surface area contributed by atoms with Crippen LogP contribution in [0.4, 0.5) is 0 Å². The minimum atomic E-state index is -3.81. The Morgan fingerprint density at radius 3 is 1.45 bits per heavy atom. The standard InChI is InChI=1S/C30H20N4O10/c35-21-22(36)28(41)43-26(21)29(42,23(37)17-5-1-9-31-13-17)30(24(38)18-6-2-10-32-14-18,25(39)19-7-3-11-33-15-19)44-27(40)20-8-4-12-34-16-20/h1-16,26,35-36,42H/t26-,29+/m0/s1. The first-order chi connectivity index (χ1) is 21.1. The first-order valence-corrected chi connectivity index (χ1v) is 12.7. The predicted octanol–water partition coefficient (Wildman–Crippen LogP) is 1.79. The minimum Gasteiger partial charge on any atom is -0.505 e. The molecule has 4 aromatic heterocycles. The van der Waals surface area contributed by atoms with Gasteiger partial charge in [0.1, 0.15) is 0 Å². The molecule has 0 unspecified atom stereocenters. The zero-order valence-electron chi connectivity index (χ0n) is 22.3. The molecule has 0 saturated heterocycles. The molecule has 3 N–H and O–H groups in total. The predicted molar refractivity (Wildman–Crippen MR) is 145 cm³/mol. The van der Waals surface area contributed by atoms with Crippen molar-refractivity contribution in [3.8, 4) is 0 Å². The van der Waals surface area contributed by atoms with Gasteiger partial charge in [-0.1, -0.05) is 0 Å². The fourth-order valence-corrected chi connectivity index (χ4v) is 4.61. The molecule has 0 aromatic carbocycles. The van der Waals surface area contributed by atoms with Crippen LogP contribution in [0.3, 0.4) is 0 Å². The molecule has 0 aliphatic carbocycles. The van der Waals surface area contributed by atoms with E-state index in [9.17, 15) is 39.3 Å². The van der Waals surface area contributed by atoms with Gasteiger partial charge in [0, 0.05) is 66.3 Å². The number of pyridine rings is 4. The average Bonchev–Trinajstić information content (AvgIpc) is 3.34. The van der Waals surface area contributed by atoms with Crippen molar-refractivity contribution in [2.45, 2.75) is 17.3 Å². The number of hydrogen-bond acceptors (Lipinski definition) is 14. The summed E-state index contributed by atoms with van der Waals surface area (Å²) >= 11 is 0. The second-order valence-corrected chi connectivity index (χ2v) is 9.31. The lowest BCUT2D eigenvalue weighted by atomic mass is 9.66. The van der Waals surface area contributed by atoms with Crippen LogP contribution in [0.5, 0.6) is 0 Å². The quantitative estimate of drug-likeness (QED) is 0.135. The third-order valence-electron chi connectivity index (χ3n) is 6.73. The molecule has 220 valence electrons. The molecule has 2 atom stereocenters. The van der Waals surface area contributed by atoms with Crippen molar-refractivity contribution in [2.24, 2.45) is 0 Å². The van der Waals surface area contributed by atoms with Crippen LogP contribution in [0.2, 0.25) is 0 Å². The van der Waals surface area contributed by atoms with E-state index in [0.29, 0.717) is 0 Å². The van der Waals surface area contributed by atoms with Crippen LogP contribution in [0, 0.1) is 0 Å². The Balaban J connectivity index is 1.91. The van der Waals surface area contributed by atoms with Gasteiger partial charge in [-0.2, -0.15) is 0 Å². The van der Waals surface area contributed by atoms with E-state index in [-0.39, 0.29) is 5.56 Å². The summed E-state index contributed by atoms with van der Waals surface area (Å²) in [5, 5.41) is 33.7. The van der Waals surface area contributed by atoms with Gasteiger partial charge >= 0.3 is 11.9 Å². The smallest absolute Gasteiger partial charge is 0.378 e. The van der Waals surface area contributed by atoms with Gasteiger partial charge in [-0.25, -0.2) is 9.59 Å². The minimum absolute atomic E-state index is 0.322. The SMILES string of the molecule is O=C1O[C@H]([C@](O)(C(=O)c2cccnc2)C(OC(=O)c2cccnc2)(C(=O)c2cccnc2)C(=O)c2cccnc2)C(O)=C1O. The topological polar surface area (TPSA) is 216 Å². The van der Waals surface area contributed by atoms with Gasteiger partial charge in [0.25, 0.3) is 5.60 Å². The Morgan fingerprint density at radius 1 is 0.682 bits per heavy atom. The second-order valence-electron chi connectivity index (χ2n) is 9.31. The molecule has 4 aromatic rings. The number of carbonyl (C=O) groups excluding carboxylic acids is 5. The first kappa shape index (κ1) is 29.3. The second kappa shape index (κ2) is 11.6. The highest BCUT2D eigenvalue weighted by atomic mass is 16.6.